The van der Waals surface area contributed by atoms with E-state index >= 15 is 0 Å². The Morgan fingerprint density at radius 1 is 0.931 bits per heavy atom. The van der Waals surface area contributed by atoms with Gasteiger partial charge in [-0.15, -0.1) is 0 Å². The van der Waals surface area contributed by atoms with Gasteiger partial charge >= 0.3 is 6.09 Å². The number of ether oxygens (including phenoxy) is 1. The smallest absolute Gasteiger partial charge is 0.409 e. The zero-order chi connectivity index (χ0) is 20.5. The van der Waals surface area contributed by atoms with Gasteiger partial charge in [0.1, 0.15) is 0 Å². The summed E-state index contributed by atoms with van der Waals surface area (Å²) in [6, 6.07) is 17.4. The fraction of sp³-hybridized carbons (Fsp3) is 0.417. The van der Waals surface area contributed by atoms with Crippen molar-refractivity contribution in [1.82, 2.24) is 4.90 Å². The number of halogens is 1. The predicted molar refractivity (Wildman–Crippen MR) is 115 cm³/mol. The van der Waals surface area contributed by atoms with Crippen LogP contribution in [0.25, 0.3) is 0 Å². The average Bonchev–Trinajstić information content (AvgIpc) is 2.77. The average molecular weight is 414 g/mol. The Morgan fingerprint density at radius 2 is 1.62 bits per heavy atom. The number of hydrogen-bond donors (Lipinski definition) is 0. The Labute approximate surface area is 177 Å². The zero-order valence-electron chi connectivity index (χ0n) is 16.7. The number of unbranched alkanes of at least 4 members (excludes halogenated alkanes) is 2. The predicted octanol–water partition coefficient (Wildman–Crippen LogP) is 5.78. The van der Waals surface area contributed by atoms with E-state index in [1.165, 1.54) is 5.56 Å². The van der Waals surface area contributed by atoms with E-state index in [0.29, 0.717) is 43.1 Å². The molecule has 1 aliphatic rings. The topological polar surface area (TPSA) is 46.6 Å². The third-order valence-corrected chi connectivity index (χ3v) is 5.68. The Hall–Kier alpha value is -2.33. The summed E-state index contributed by atoms with van der Waals surface area (Å²) in [5.41, 5.74) is 2.03. The molecule has 1 heterocycles. The molecule has 0 atom stereocenters. The lowest BCUT2D eigenvalue weighted by Crippen LogP contribution is -2.40. The molecule has 0 bridgehead atoms. The molecule has 0 N–H and O–H groups in total. The maximum absolute atomic E-state index is 12.6. The molecule has 0 unspecified atom stereocenters. The maximum atomic E-state index is 12.6. The van der Waals surface area contributed by atoms with Gasteiger partial charge in [0.2, 0.25) is 0 Å². The first kappa shape index (κ1) is 21.4. The number of carbonyl (C=O) groups is 2. The van der Waals surface area contributed by atoms with Gasteiger partial charge in [-0.3, -0.25) is 4.79 Å². The highest BCUT2D eigenvalue weighted by molar-refractivity contribution is 6.30. The van der Waals surface area contributed by atoms with Gasteiger partial charge in [0, 0.05) is 29.6 Å². The molecule has 2 aromatic carbocycles. The number of Topliss-reactive ketones (excluding diaryl/α,β-unsaturated/α-hetero) is 1. The highest BCUT2D eigenvalue weighted by Crippen LogP contribution is 2.23. The van der Waals surface area contributed by atoms with Gasteiger partial charge in [0.25, 0.3) is 0 Å². The van der Waals surface area contributed by atoms with Crippen LogP contribution in [0.5, 0.6) is 0 Å². The summed E-state index contributed by atoms with van der Waals surface area (Å²) in [5.74, 6) is 0.0892. The van der Waals surface area contributed by atoms with Crippen molar-refractivity contribution in [3.8, 4) is 0 Å². The standard InChI is InChI=1S/C24H28ClNO3/c25-22-12-10-20(11-13-22)23(27)21-14-16-26(17-15-21)24(28)29-18-6-2-5-9-19-7-3-1-4-8-19/h1,3-4,7-8,10-13,21H,2,5-6,9,14-18H2. The molecule has 0 spiro atoms. The van der Waals surface area contributed by atoms with E-state index in [9.17, 15) is 9.59 Å². The number of benzene rings is 2. The highest BCUT2D eigenvalue weighted by Gasteiger charge is 2.28. The van der Waals surface area contributed by atoms with Gasteiger partial charge in [-0.2, -0.15) is 0 Å². The van der Waals surface area contributed by atoms with Crippen LogP contribution in [0, 0.1) is 5.92 Å². The van der Waals surface area contributed by atoms with E-state index in [1.54, 1.807) is 29.2 Å². The van der Waals surface area contributed by atoms with Crippen molar-refractivity contribution >= 4 is 23.5 Å². The summed E-state index contributed by atoms with van der Waals surface area (Å²) < 4.78 is 5.41. The minimum atomic E-state index is -0.259. The minimum absolute atomic E-state index is 0.0433. The molecule has 0 aromatic heterocycles. The van der Waals surface area contributed by atoms with E-state index < -0.39 is 0 Å². The zero-order valence-corrected chi connectivity index (χ0v) is 17.4. The summed E-state index contributed by atoms with van der Waals surface area (Å²) in [5, 5.41) is 0.624. The van der Waals surface area contributed by atoms with Crippen LogP contribution in [0.2, 0.25) is 5.02 Å². The van der Waals surface area contributed by atoms with Crippen LogP contribution in [-0.2, 0) is 11.2 Å². The molecule has 2 aromatic rings. The van der Waals surface area contributed by atoms with Crippen LogP contribution in [0.1, 0.15) is 48.0 Å². The van der Waals surface area contributed by atoms with Crippen LogP contribution in [0.3, 0.4) is 0 Å². The third kappa shape index (κ3) is 6.60. The summed E-state index contributed by atoms with van der Waals surface area (Å²) in [6.45, 7) is 1.59. The Bertz CT molecular complexity index is 784. The first-order valence-electron chi connectivity index (χ1n) is 10.4. The van der Waals surface area contributed by atoms with E-state index in [0.717, 1.165) is 25.7 Å². The molecule has 3 rings (SSSR count). The number of amides is 1. The minimum Gasteiger partial charge on any atom is -0.449 e. The van der Waals surface area contributed by atoms with Crippen molar-refractivity contribution in [2.75, 3.05) is 19.7 Å². The maximum Gasteiger partial charge on any atom is 0.409 e. The summed E-state index contributed by atoms with van der Waals surface area (Å²) >= 11 is 5.88. The van der Waals surface area contributed by atoms with E-state index in [4.69, 9.17) is 16.3 Å². The Morgan fingerprint density at radius 3 is 2.31 bits per heavy atom. The van der Waals surface area contributed by atoms with Gasteiger partial charge in [-0.1, -0.05) is 41.9 Å². The molecule has 0 aliphatic carbocycles. The number of piperidine rings is 1. The van der Waals surface area contributed by atoms with Crippen molar-refractivity contribution in [2.24, 2.45) is 5.92 Å². The molecule has 1 amide bonds. The monoisotopic (exact) mass is 413 g/mol. The van der Waals surface area contributed by atoms with Gasteiger partial charge < -0.3 is 9.64 Å². The second-order valence-electron chi connectivity index (χ2n) is 7.54. The molecular weight excluding hydrogens is 386 g/mol. The molecule has 1 fully saturated rings. The van der Waals surface area contributed by atoms with Gasteiger partial charge in [0.15, 0.2) is 5.78 Å². The first-order chi connectivity index (χ1) is 14.1. The summed E-state index contributed by atoms with van der Waals surface area (Å²) in [7, 11) is 0. The second-order valence-corrected chi connectivity index (χ2v) is 7.98. The Balaban J connectivity index is 1.30. The molecule has 0 radical (unpaired) electrons. The van der Waals surface area contributed by atoms with E-state index in [2.05, 4.69) is 24.3 Å². The van der Waals surface area contributed by atoms with E-state index in [1.807, 2.05) is 6.07 Å². The van der Waals surface area contributed by atoms with Crippen molar-refractivity contribution in [1.29, 1.82) is 0 Å². The van der Waals surface area contributed by atoms with Crippen LogP contribution >= 0.6 is 11.6 Å². The molecule has 29 heavy (non-hydrogen) atoms. The normalized spacial score (nSPS) is 14.6. The number of likely N-dealkylation sites (tertiary alicyclic amines) is 1. The SMILES string of the molecule is O=C(c1ccc(Cl)cc1)C1CCN(C(=O)OCCCCCc2ccccc2)CC1. The largest absolute Gasteiger partial charge is 0.449 e. The molecule has 0 saturated carbocycles. The molecule has 4 nitrogen and oxygen atoms in total. The molecule has 154 valence electrons. The number of rotatable bonds is 8. The van der Waals surface area contributed by atoms with Crippen LogP contribution < -0.4 is 0 Å². The fourth-order valence-electron chi connectivity index (χ4n) is 3.68. The lowest BCUT2D eigenvalue weighted by molar-refractivity contribution is 0.0732. The van der Waals surface area contributed by atoms with Gasteiger partial charge in [0.05, 0.1) is 6.61 Å². The fourth-order valence-corrected chi connectivity index (χ4v) is 3.80. The number of aryl methyl sites for hydroxylation is 1. The van der Waals surface area contributed by atoms with Crippen molar-refractivity contribution in [3.63, 3.8) is 0 Å². The summed E-state index contributed by atoms with van der Waals surface area (Å²) in [6.07, 6.45) is 5.17. The molecular formula is C24H28ClNO3. The van der Waals surface area contributed by atoms with Crippen molar-refractivity contribution in [3.05, 3.63) is 70.7 Å². The number of carbonyl (C=O) groups excluding carboxylic acids is 2. The second kappa shape index (κ2) is 11.0. The van der Waals surface area contributed by atoms with Gasteiger partial charge in [-0.25, -0.2) is 4.79 Å². The number of ketones is 1. The molecule has 5 heteroatoms. The van der Waals surface area contributed by atoms with E-state index in [-0.39, 0.29) is 17.8 Å². The van der Waals surface area contributed by atoms with Crippen LogP contribution in [-0.4, -0.2) is 36.5 Å². The quantitative estimate of drug-likeness (QED) is 0.406. The van der Waals surface area contributed by atoms with Crippen molar-refractivity contribution < 1.29 is 14.3 Å². The lowest BCUT2D eigenvalue weighted by atomic mass is 9.89. The van der Waals surface area contributed by atoms with Crippen LogP contribution in [0.15, 0.2) is 54.6 Å². The van der Waals surface area contributed by atoms with Crippen LogP contribution in [0.4, 0.5) is 4.79 Å². The third-order valence-electron chi connectivity index (χ3n) is 5.43. The summed E-state index contributed by atoms with van der Waals surface area (Å²) in [4.78, 5) is 26.5. The highest BCUT2D eigenvalue weighted by atomic mass is 35.5. The Kier molecular flexibility index (Phi) is 8.12. The number of hydrogen-bond acceptors (Lipinski definition) is 3. The van der Waals surface area contributed by atoms with Gasteiger partial charge in [-0.05, 0) is 68.4 Å². The molecule has 1 saturated heterocycles. The molecule has 1 aliphatic heterocycles. The first-order valence-corrected chi connectivity index (χ1v) is 10.8. The number of nitrogens with zero attached hydrogens (tertiary/aromatic N) is 1. The van der Waals surface area contributed by atoms with Crippen molar-refractivity contribution in [2.45, 2.75) is 38.5 Å². The lowest BCUT2D eigenvalue weighted by Gasteiger charge is -2.30.